The lowest BCUT2D eigenvalue weighted by atomic mass is 10.1. The van der Waals surface area contributed by atoms with Crippen molar-refractivity contribution < 1.29 is 4.79 Å². The third-order valence-electron chi connectivity index (χ3n) is 5.15. The molecule has 1 amide bonds. The minimum atomic E-state index is 0.267. The van der Waals surface area contributed by atoms with Gasteiger partial charge in [-0.15, -0.1) is 6.58 Å². The average molecular weight is 385 g/mol. The Balaban J connectivity index is 1.97. The maximum atomic E-state index is 12.0. The number of benzene rings is 1. The molecule has 5 heteroatoms. The van der Waals surface area contributed by atoms with Gasteiger partial charge >= 0.3 is 0 Å². The molecular formula is C23H36N4O. The normalized spacial score (nSPS) is 14.4. The zero-order valence-electron chi connectivity index (χ0n) is 17.6. The van der Waals surface area contributed by atoms with Crippen molar-refractivity contribution in [1.82, 2.24) is 15.1 Å². The second kappa shape index (κ2) is 12.2. The molecular weight excluding hydrogens is 348 g/mol. The highest BCUT2D eigenvalue weighted by Crippen LogP contribution is 2.18. The molecule has 0 unspecified atom stereocenters. The first-order chi connectivity index (χ1) is 13.7. The zero-order chi connectivity index (χ0) is 20.2. The van der Waals surface area contributed by atoms with E-state index in [0.29, 0.717) is 19.5 Å². The van der Waals surface area contributed by atoms with Crippen LogP contribution in [0, 0.1) is 0 Å². The van der Waals surface area contributed by atoms with Crippen LogP contribution in [0.3, 0.4) is 0 Å². The van der Waals surface area contributed by atoms with Gasteiger partial charge in [-0.25, -0.2) is 4.99 Å². The summed E-state index contributed by atoms with van der Waals surface area (Å²) < 4.78 is 0. The van der Waals surface area contributed by atoms with E-state index in [9.17, 15) is 4.79 Å². The van der Waals surface area contributed by atoms with Crippen LogP contribution in [-0.4, -0.2) is 48.3 Å². The first-order valence-electron chi connectivity index (χ1n) is 10.6. The number of carbonyl (C=O) groups is 1. The van der Waals surface area contributed by atoms with E-state index >= 15 is 0 Å². The molecule has 0 spiro atoms. The zero-order valence-corrected chi connectivity index (χ0v) is 17.6. The molecule has 2 rings (SSSR count). The van der Waals surface area contributed by atoms with Crippen LogP contribution in [0.25, 0.3) is 0 Å². The third kappa shape index (κ3) is 7.02. The highest BCUT2D eigenvalue weighted by Gasteiger charge is 2.20. The number of carbonyl (C=O) groups excluding carboxylic acids is 1. The van der Waals surface area contributed by atoms with E-state index in [1.54, 1.807) is 0 Å². The van der Waals surface area contributed by atoms with Gasteiger partial charge in [-0.2, -0.15) is 0 Å². The maximum Gasteiger partial charge on any atom is 0.222 e. The van der Waals surface area contributed by atoms with Crippen molar-refractivity contribution in [3.05, 3.63) is 48.0 Å². The Labute approximate surface area is 170 Å². The van der Waals surface area contributed by atoms with E-state index in [4.69, 9.17) is 4.99 Å². The lowest BCUT2D eigenvalue weighted by Crippen LogP contribution is -2.39. The van der Waals surface area contributed by atoms with Crippen molar-refractivity contribution in [1.29, 1.82) is 0 Å². The number of rotatable bonds is 11. The van der Waals surface area contributed by atoms with Gasteiger partial charge in [0.25, 0.3) is 0 Å². The predicted molar refractivity (Wildman–Crippen MR) is 117 cm³/mol. The Kier molecular flexibility index (Phi) is 9.60. The van der Waals surface area contributed by atoms with E-state index < -0.39 is 0 Å². The summed E-state index contributed by atoms with van der Waals surface area (Å²) in [4.78, 5) is 21.0. The van der Waals surface area contributed by atoms with Crippen molar-refractivity contribution in [3.63, 3.8) is 0 Å². The third-order valence-corrected chi connectivity index (χ3v) is 5.15. The number of hydrogen-bond acceptors (Lipinski definition) is 2. The largest absolute Gasteiger partial charge is 0.357 e. The summed E-state index contributed by atoms with van der Waals surface area (Å²) in [6.45, 7) is 9.91. The number of aliphatic imine (C=N–C) groups is 1. The monoisotopic (exact) mass is 384 g/mol. The van der Waals surface area contributed by atoms with Gasteiger partial charge in [0.05, 0.1) is 6.54 Å². The van der Waals surface area contributed by atoms with Gasteiger partial charge in [0.1, 0.15) is 0 Å². The highest BCUT2D eigenvalue weighted by atomic mass is 16.2. The van der Waals surface area contributed by atoms with E-state index in [-0.39, 0.29) is 5.91 Å². The summed E-state index contributed by atoms with van der Waals surface area (Å²) in [6.07, 6.45) is 8.30. The van der Waals surface area contributed by atoms with Gasteiger partial charge in [-0.3, -0.25) is 4.79 Å². The molecule has 1 aliphatic rings. The molecule has 0 atom stereocenters. The number of allylic oxidation sites excluding steroid dienone is 1. The van der Waals surface area contributed by atoms with Gasteiger partial charge in [0.2, 0.25) is 5.91 Å². The number of unbranched alkanes of at least 4 members (excludes halogenated alkanes) is 3. The lowest BCUT2D eigenvalue weighted by Gasteiger charge is -2.22. The molecule has 1 fully saturated rings. The van der Waals surface area contributed by atoms with Crippen LogP contribution < -0.4 is 5.32 Å². The second-order valence-corrected chi connectivity index (χ2v) is 7.42. The van der Waals surface area contributed by atoms with Gasteiger partial charge in [-0.1, -0.05) is 36.8 Å². The van der Waals surface area contributed by atoms with Crippen LogP contribution in [0.2, 0.25) is 0 Å². The smallest absolute Gasteiger partial charge is 0.222 e. The Morgan fingerprint density at radius 3 is 2.75 bits per heavy atom. The highest BCUT2D eigenvalue weighted by molar-refractivity contribution is 5.79. The van der Waals surface area contributed by atoms with E-state index in [1.165, 1.54) is 24.0 Å². The van der Waals surface area contributed by atoms with Crippen molar-refractivity contribution >= 4 is 11.9 Å². The molecule has 28 heavy (non-hydrogen) atoms. The summed E-state index contributed by atoms with van der Waals surface area (Å²) in [5.41, 5.74) is 2.39. The fraction of sp³-hybridized carbons (Fsp3) is 0.565. The molecule has 0 aliphatic carbocycles. The minimum Gasteiger partial charge on any atom is -0.357 e. The van der Waals surface area contributed by atoms with Crippen LogP contribution in [0.1, 0.15) is 56.6 Å². The molecule has 1 N–H and O–H groups in total. The fourth-order valence-corrected chi connectivity index (χ4v) is 3.49. The molecule has 1 saturated heterocycles. The lowest BCUT2D eigenvalue weighted by molar-refractivity contribution is -0.128. The number of amides is 1. The molecule has 0 saturated carbocycles. The van der Waals surface area contributed by atoms with Crippen LogP contribution in [0.15, 0.2) is 41.9 Å². The Bertz CT molecular complexity index is 656. The molecule has 0 bridgehead atoms. The maximum absolute atomic E-state index is 12.0. The number of guanidine groups is 1. The van der Waals surface area contributed by atoms with Gasteiger partial charge < -0.3 is 15.1 Å². The van der Waals surface area contributed by atoms with Crippen molar-refractivity contribution in [2.45, 2.75) is 58.5 Å². The molecule has 0 aromatic heterocycles. The van der Waals surface area contributed by atoms with E-state index in [2.05, 4.69) is 49.0 Å². The molecule has 5 nitrogen and oxygen atoms in total. The quantitative estimate of drug-likeness (QED) is 0.272. The minimum absolute atomic E-state index is 0.267. The van der Waals surface area contributed by atoms with Crippen molar-refractivity contribution in [3.8, 4) is 0 Å². The van der Waals surface area contributed by atoms with Gasteiger partial charge in [0.15, 0.2) is 5.96 Å². The van der Waals surface area contributed by atoms with Gasteiger partial charge in [0, 0.05) is 39.6 Å². The molecule has 1 aliphatic heterocycles. The Morgan fingerprint density at radius 2 is 2.07 bits per heavy atom. The first kappa shape index (κ1) is 22.0. The Morgan fingerprint density at radius 1 is 1.29 bits per heavy atom. The van der Waals surface area contributed by atoms with Crippen LogP contribution in [0.4, 0.5) is 0 Å². The summed E-state index contributed by atoms with van der Waals surface area (Å²) in [7, 11) is 2.10. The molecule has 0 radical (unpaired) electrons. The fourth-order valence-electron chi connectivity index (χ4n) is 3.49. The Hall–Kier alpha value is -2.30. The SMILES string of the molecule is C=CCCCCCN(C)C(=NCc1ccccc1CN1CCCC1=O)NCC. The number of nitrogens with zero attached hydrogens (tertiary/aromatic N) is 3. The van der Waals surface area contributed by atoms with Crippen molar-refractivity contribution in [2.24, 2.45) is 4.99 Å². The summed E-state index contributed by atoms with van der Waals surface area (Å²) in [5.74, 6) is 1.21. The van der Waals surface area contributed by atoms with Crippen LogP contribution in [-0.2, 0) is 17.9 Å². The van der Waals surface area contributed by atoms with E-state index in [1.807, 2.05) is 17.0 Å². The van der Waals surface area contributed by atoms with Crippen molar-refractivity contribution in [2.75, 3.05) is 26.7 Å². The summed E-state index contributed by atoms with van der Waals surface area (Å²) >= 11 is 0. The van der Waals surface area contributed by atoms with Crippen LogP contribution >= 0.6 is 0 Å². The molecule has 1 heterocycles. The second-order valence-electron chi connectivity index (χ2n) is 7.42. The summed E-state index contributed by atoms with van der Waals surface area (Å²) in [5, 5.41) is 3.40. The first-order valence-corrected chi connectivity index (χ1v) is 10.6. The predicted octanol–water partition coefficient (Wildman–Crippen LogP) is 3.95. The average Bonchev–Trinajstić information content (AvgIpc) is 3.10. The molecule has 1 aromatic carbocycles. The van der Waals surface area contributed by atoms with E-state index in [0.717, 1.165) is 44.9 Å². The topological polar surface area (TPSA) is 47.9 Å². The van der Waals surface area contributed by atoms with Gasteiger partial charge in [-0.05, 0) is 43.7 Å². The van der Waals surface area contributed by atoms with Crippen LogP contribution in [0.5, 0.6) is 0 Å². The molecule has 154 valence electrons. The number of hydrogen-bond donors (Lipinski definition) is 1. The molecule has 1 aromatic rings. The number of nitrogens with one attached hydrogen (secondary N) is 1. The standard InChI is InChI=1S/C23H36N4O/c1-4-6-7-8-11-16-26(3)23(24-5-2)25-18-20-13-9-10-14-21(20)19-27-17-12-15-22(27)28/h4,9-10,13-14H,1,5-8,11-12,15-19H2,2-3H3,(H,24,25). The number of likely N-dealkylation sites (tertiary alicyclic amines) is 1. The summed E-state index contributed by atoms with van der Waals surface area (Å²) in [6, 6.07) is 8.34.